The van der Waals surface area contributed by atoms with Crippen LogP contribution in [0.1, 0.15) is 29.5 Å². The fourth-order valence-electron chi connectivity index (χ4n) is 1.82. The molecule has 7 heteroatoms. The van der Waals surface area contributed by atoms with E-state index >= 15 is 0 Å². The second-order valence-electron chi connectivity index (χ2n) is 4.75. The van der Waals surface area contributed by atoms with Gasteiger partial charge < -0.3 is 4.42 Å². The van der Waals surface area contributed by atoms with Crippen molar-refractivity contribution in [1.29, 1.82) is 0 Å². The average Bonchev–Trinajstić information content (AvgIpc) is 3.09. The largest absolute Gasteiger partial charge is 0.424 e. The number of benzene rings is 1. The monoisotopic (exact) mass is 301 g/mol. The van der Waals surface area contributed by atoms with Gasteiger partial charge in [-0.3, -0.25) is 5.10 Å². The van der Waals surface area contributed by atoms with Crippen molar-refractivity contribution < 1.29 is 4.42 Å². The number of nitrogens with one attached hydrogen (secondary N) is 1. The van der Waals surface area contributed by atoms with Crippen LogP contribution in [0.2, 0.25) is 0 Å². The predicted molar refractivity (Wildman–Crippen MR) is 79.9 cm³/mol. The molecule has 1 N–H and O–H groups in total. The Morgan fingerprint density at radius 1 is 1.14 bits per heavy atom. The minimum absolute atomic E-state index is 0.00729. The molecule has 0 saturated carbocycles. The molecule has 0 bridgehead atoms. The maximum absolute atomic E-state index is 5.41. The van der Waals surface area contributed by atoms with Crippen LogP contribution in [0.15, 0.2) is 33.8 Å². The maximum atomic E-state index is 5.41. The third-order valence-electron chi connectivity index (χ3n) is 2.96. The van der Waals surface area contributed by atoms with E-state index in [1.54, 1.807) is 6.92 Å². The molecule has 0 fully saturated rings. The molecule has 3 rings (SSSR count). The highest BCUT2D eigenvalue weighted by molar-refractivity contribution is 7.99. The molecule has 0 spiro atoms. The molecule has 21 heavy (non-hydrogen) atoms. The van der Waals surface area contributed by atoms with Crippen LogP contribution in [0.25, 0.3) is 11.4 Å². The summed E-state index contributed by atoms with van der Waals surface area (Å²) in [5, 5.41) is 15.7. The molecule has 0 unspecified atom stereocenters. The molecule has 0 aliphatic rings. The van der Waals surface area contributed by atoms with Crippen molar-refractivity contribution in [2.75, 3.05) is 0 Å². The van der Waals surface area contributed by atoms with Gasteiger partial charge >= 0.3 is 0 Å². The van der Waals surface area contributed by atoms with Gasteiger partial charge in [0.05, 0.1) is 5.25 Å². The van der Waals surface area contributed by atoms with Crippen LogP contribution >= 0.6 is 11.8 Å². The van der Waals surface area contributed by atoms with Crippen molar-refractivity contribution in [3.05, 3.63) is 41.6 Å². The molecular weight excluding hydrogens is 286 g/mol. The highest BCUT2D eigenvalue weighted by Gasteiger charge is 2.17. The van der Waals surface area contributed by atoms with Crippen LogP contribution in [-0.2, 0) is 0 Å². The molecule has 0 aliphatic carbocycles. The first-order valence-corrected chi connectivity index (χ1v) is 7.46. The topological polar surface area (TPSA) is 80.5 Å². The van der Waals surface area contributed by atoms with Crippen LogP contribution in [0.3, 0.4) is 0 Å². The Balaban J connectivity index is 1.74. The Morgan fingerprint density at radius 3 is 2.57 bits per heavy atom. The summed E-state index contributed by atoms with van der Waals surface area (Å²) in [7, 11) is 0. The summed E-state index contributed by atoms with van der Waals surface area (Å²) >= 11 is 1.48. The molecule has 3 aromatic rings. The molecule has 0 radical (unpaired) electrons. The summed E-state index contributed by atoms with van der Waals surface area (Å²) in [4.78, 5) is 4.49. The van der Waals surface area contributed by atoms with Gasteiger partial charge in [0.2, 0.25) is 16.9 Å². The zero-order chi connectivity index (χ0) is 14.8. The number of H-pyrrole nitrogens is 1. The number of aromatic amines is 1. The van der Waals surface area contributed by atoms with Gasteiger partial charge in [-0.2, -0.15) is 0 Å². The van der Waals surface area contributed by atoms with Crippen molar-refractivity contribution in [3.8, 4) is 11.4 Å². The SMILES string of the molecule is Cc1ccc(-c2nc(S[C@H](C)c3nnc(C)o3)n[nH]2)cc1. The Hall–Kier alpha value is -2.15. The fraction of sp³-hybridized carbons (Fsp3) is 0.286. The van der Waals surface area contributed by atoms with Crippen molar-refractivity contribution >= 4 is 11.8 Å². The Bertz CT molecular complexity index is 734. The third-order valence-corrected chi connectivity index (χ3v) is 3.91. The van der Waals surface area contributed by atoms with E-state index in [0.717, 1.165) is 11.4 Å². The highest BCUT2D eigenvalue weighted by Crippen LogP contribution is 2.32. The number of hydrogen-bond donors (Lipinski definition) is 1. The summed E-state index contributed by atoms with van der Waals surface area (Å²) in [6.45, 7) is 5.81. The Morgan fingerprint density at radius 2 is 1.90 bits per heavy atom. The van der Waals surface area contributed by atoms with Crippen LogP contribution in [0.5, 0.6) is 0 Å². The molecule has 0 amide bonds. The molecule has 1 atom stereocenters. The summed E-state index contributed by atoms with van der Waals surface area (Å²) in [6.07, 6.45) is 0. The third kappa shape index (κ3) is 3.13. The van der Waals surface area contributed by atoms with E-state index in [1.165, 1.54) is 17.3 Å². The minimum atomic E-state index is 0.00729. The van der Waals surface area contributed by atoms with Gasteiger partial charge in [-0.15, -0.1) is 15.3 Å². The van der Waals surface area contributed by atoms with Gasteiger partial charge in [0.1, 0.15) is 0 Å². The van der Waals surface area contributed by atoms with Gasteiger partial charge in [-0.25, -0.2) is 4.98 Å². The quantitative estimate of drug-likeness (QED) is 0.744. The van der Waals surface area contributed by atoms with E-state index in [1.807, 2.05) is 19.1 Å². The fourth-order valence-corrected chi connectivity index (χ4v) is 2.58. The summed E-state index contributed by atoms with van der Waals surface area (Å²) < 4.78 is 5.41. The Labute approximate surface area is 126 Å². The molecule has 0 saturated heterocycles. The van der Waals surface area contributed by atoms with Crippen LogP contribution in [0, 0.1) is 13.8 Å². The van der Waals surface area contributed by atoms with Crippen molar-refractivity contribution in [2.45, 2.75) is 31.2 Å². The number of aromatic nitrogens is 5. The number of thioether (sulfide) groups is 1. The lowest BCUT2D eigenvalue weighted by molar-refractivity contribution is 0.470. The van der Waals surface area contributed by atoms with E-state index < -0.39 is 0 Å². The maximum Gasteiger partial charge on any atom is 0.229 e. The normalized spacial score (nSPS) is 12.5. The van der Waals surface area contributed by atoms with E-state index in [4.69, 9.17) is 4.42 Å². The standard InChI is InChI=1S/C14H15N5OS/c1-8-4-6-11(7-5-8)12-15-14(19-17-12)21-9(2)13-18-16-10(3)20-13/h4-7,9H,1-3H3,(H,15,17,19)/t9-/m1/s1. The first kappa shape index (κ1) is 13.8. The average molecular weight is 301 g/mol. The van der Waals surface area contributed by atoms with Crippen LogP contribution < -0.4 is 0 Å². The molecule has 2 heterocycles. The van der Waals surface area contributed by atoms with Crippen molar-refractivity contribution in [3.63, 3.8) is 0 Å². The second-order valence-corrected chi connectivity index (χ2v) is 6.06. The molecule has 6 nitrogen and oxygen atoms in total. The lowest BCUT2D eigenvalue weighted by Crippen LogP contribution is -1.89. The lowest BCUT2D eigenvalue weighted by atomic mass is 10.1. The number of hydrogen-bond acceptors (Lipinski definition) is 6. The first-order valence-electron chi connectivity index (χ1n) is 6.58. The number of aryl methyl sites for hydroxylation is 2. The van der Waals surface area contributed by atoms with Gasteiger partial charge in [0, 0.05) is 12.5 Å². The molecule has 2 aromatic heterocycles. The van der Waals surface area contributed by atoms with Gasteiger partial charge in [-0.1, -0.05) is 41.6 Å². The van der Waals surface area contributed by atoms with Crippen LogP contribution in [0.4, 0.5) is 0 Å². The first-order chi connectivity index (χ1) is 10.1. The van der Waals surface area contributed by atoms with Gasteiger partial charge in [0.15, 0.2) is 5.82 Å². The summed E-state index contributed by atoms with van der Waals surface area (Å²) in [6, 6.07) is 8.15. The van der Waals surface area contributed by atoms with Crippen molar-refractivity contribution in [2.24, 2.45) is 0 Å². The second kappa shape index (κ2) is 5.69. The zero-order valence-corrected chi connectivity index (χ0v) is 12.8. The van der Waals surface area contributed by atoms with Gasteiger partial charge in [0.25, 0.3) is 0 Å². The molecule has 108 valence electrons. The summed E-state index contributed by atoms with van der Waals surface area (Å²) in [5.74, 6) is 1.90. The predicted octanol–water partition coefficient (Wildman–Crippen LogP) is 3.32. The molecule has 0 aliphatic heterocycles. The molecular formula is C14H15N5OS. The van der Waals surface area contributed by atoms with E-state index in [-0.39, 0.29) is 5.25 Å². The lowest BCUT2D eigenvalue weighted by Gasteiger charge is -2.01. The highest BCUT2D eigenvalue weighted by atomic mass is 32.2. The van der Waals surface area contributed by atoms with Crippen molar-refractivity contribution in [1.82, 2.24) is 25.4 Å². The number of nitrogens with zero attached hydrogens (tertiary/aromatic N) is 4. The number of rotatable bonds is 4. The molecule has 1 aromatic carbocycles. The van der Waals surface area contributed by atoms with E-state index in [0.29, 0.717) is 16.9 Å². The van der Waals surface area contributed by atoms with Gasteiger partial charge in [-0.05, 0) is 13.8 Å². The smallest absolute Gasteiger partial charge is 0.229 e. The van der Waals surface area contributed by atoms with Crippen LogP contribution in [-0.4, -0.2) is 25.4 Å². The Kier molecular flexibility index (Phi) is 3.74. The van der Waals surface area contributed by atoms with E-state index in [2.05, 4.69) is 44.4 Å². The van der Waals surface area contributed by atoms with E-state index in [9.17, 15) is 0 Å². The summed E-state index contributed by atoms with van der Waals surface area (Å²) in [5.41, 5.74) is 2.23. The minimum Gasteiger partial charge on any atom is -0.424 e. The zero-order valence-electron chi connectivity index (χ0n) is 12.0.